The third kappa shape index (κ3) is 3.63. The molecule has 2 atom stereocenters. The number of amides is 1. The summed E-state index contributed by atoms with van der Waals surface area (Å²) in [5.74, 6) is 1.89. The van der Waals surface area contributed by atoms with E-state index in [2.05, 4.69) is 12.2 Å². The minimum atomic E-state index is 0. The van der Waals surface area contributed by atoms with Crippen molar-refractivity contribution in [3.63, 3.8) is 0 Å². The molecule has 4 heteroatoms. The third-order valence-electron chi connectivity index (χ3n) is 3.74. The van der Waals surface area contributed by atoms with Gasteiger partial charge >= 0.3 is 0 Å². The van der Waals surface area contributed by atoms with Gasteiger partial charge in [-0.05, 0) is 24.7 Å². The van der Waals surface area contributed by atoms with E-state index in [9.17, 15) is 4.79 Å². The molecule has 2 fully saturated rings. The molecule has 1 N–H and O–H groups in total. The molecular formula is C12H23ClN2O. The minimum absolute atomic E-state index is 0. The molecule has 0 radical (unpaired) electrons. The number of rotatable bonds is 2. The van der Waals surface area contributed by atoms with Crippen LogP contribution in [0.2, 0.25) is 0 Å². The zero-order chi connectivity index (χ0) is 10.7. The molecule has 1 saturated carbocycles. The van der Waals surface area contributed by atoms with Crippen LogP contribution < -0.4 is 5.32 Å². The van der Waals surface area contributed by atoms with Crippen molar-refractivity contribution in [3.05, 3.63) is 0 Å². The molecule has 0 aromatic rings. The van der Waals surface area contributed by atoms with Gasteiger partial charge in [0.2, 0.25) is 5.91 Å². The Morgan fingerprint density at radius 3 is 2.56 bits per heavy atom. The predicted octanol–water partition coefficient (Wildman–Crippen LogP) is 1.67. The number of halogens is 1. The second-order valence-electron chi connectivity index (χ2n) is 5.12. The summed E-state index contributed by atoms with van der Waals surface area (Å²) in [7, 11) is 0. The number of nitrogens with one attached hydrogen (secondary N) is 1. The lowest BCUT2D eigenvalue weighted by Gasteiger charge is -2.28. The van der Waals surface area contributed by atoms with E-state index in [-0.39, 0.29) is 12.4 Å². The van der Waals surface area contributed by atoms with Crippen LogP contribution in [0.3, 0.4) is 0 Å². The van der Waals surface area contributed by atoms with Crippen LogP contribution in [0, 0.1) is 11.8 Å². The molecule has 0 bridgehead atoms. The molecule has 1 aliphatic carbocycles. The molecule has 1 amide bonds. The second kappa shape index (κ2) is 6.45. The van der Waals surface area contributed by atoms with Crippen molar-refractivity contribution >= 4 is 18.3 Å². The maximum Gasteiger partial charge on any atom is 0.222 e. The summed E-state index contributed by atoms with van der Waals surface area (Å²) in [5, 5.41) is 3.28. The fourth-order valence-corrected chi connectivity index (χ4v) is 2.80. The molecule has 2 aliphatic rings. The highest BCUT2D eigenvalue weighted by Gasteiger charge is 2.26. The summed E-state index contributed by atoms with van der Waals surface area (Å²) >= 11 is 0. The molecule has 2 unspecified atom stereocenters. The highest BCUT2D eigenvalue weighted by atomic mass is 35.5. The molecule has 0 aromatic carbocycles. The standard InChI is InChI=1S/C12H22N2O.ClH/c1-10-2-3-11(8-10)9-12(15)14-6-4-13-5-7-14;/h10-11,13H,2-9H2,1H3;1H. The van der Waals surface area contributed by atoms with Gasteiger partial charge in [0.1, 0.15) is 0 Å². The van der Waals surface area contributed by atoms with Gasteiger partial charge in [0.05, 0.1) is 0 Å². The fourth-order valence-electron chi connectivity index (χ4n) is 2.80. The summed E-state index contributed by atoms with van der Waals surface area (Å²) in [6, 6.07) is 0. The third-order valence-corrected chi connectivity index (χ3v) is 3.74. The van der Waals surface area contributed by atoms with Gasteiger partial charge in [0.15, 0.2) is 0 Å². The fraction of sp³-hybridized carbons (Fsp3) is 0.917. The van der Waals surface area contributed by atoms with Gasteiger partial charge in [-0.15, -0.1) is 12.4 Å². The maximum atomic E-state index is 12.0. The molecule has 94 valence electrons. The Morgan fingerprint density at radius 1 is 1.31 bits per heavy atom. The average Bonchev–Trinajstić information content (AvgIpc) is 2.65. The largest absolute Gasteiger partial charge is 0.340 e. The highest BCUT2D eigenvalue weighted by molar-refractivity contribution is 5.85. The topological polar surface area (TPSA) is 32.3 Å². The van der Waals surface area contributed by atoms with E-state index in [0.717, 1.165) is 38.5 Å². The van der Waals surface area contributed by atoms with Crippen LogP contribution in [0.1, 0.15) is 32.6 Å². The number of carbonyl (C=O) groups is 1. The normalized spacial score (nSPS) is 29.9. The Labute approximate surface area is 104 Å². The van der Waals surface area contributed by atoms with Gasteiger partial charge in [-0.2, -0.15) is 0 Å². The first-order chi connectivity index (χ1) is 7.25. The summed E-state index contributed by atoms with van der Waals surface area (Å²) in [6.07, 6.45) is 4.64. The summed E-state index contributed by atoms with van der Waals surface area (Å²) in [6.45, 7) is 6.04. The molecule has 2 rings (SSSR count). The van der Waals surface area contributed by atoms with E-state index in [0.29, 0.717) is 11.8 Å². The molecule has 1 saturated heterocycles. The minimum Gasteiger partial charge on any atom is -0.340 e. The van der Waals surface area contributed by atoms with Crippen LogP contribution in [-0.4, -0.2) is 37.0 Å². The summed E-state index contributed by atoms with van der Waals surface area (Å²) < 4.78 is 0. The van der Waals surface area contributed by atoms with Crippen molar-refractivity contribution in [2.45, 2.75) is 32.6 Å². The van der Waals surface area contributed by atoms with Crippen molar-refractivity contribution in [2.24, 2.45) is 11.8 Å². The molecule has 0 aromatic heterocycles. The van der Waals surface area contributed by atoms with Crippen molar-refractivity contribution < 1.29 is 4.79 Å². The first kappa shape index (κ1) is 13.8. The highest BCUT2D eigenvalue weighted by Crippen LogP contribution is 2.32. The van der Waals surface area contributed by atoms with E-state index in [1.165, 1.54) is 19.3 Å². The van der Waals surface area contributed by atoms with E-state index < -0.39 is 0 Å². The lowest BCUT2D eigenvalue weighted by molar-refractivity contribution is -0.132. The zero-order valence-corrected chi connectivity index (χ0v) is 10.9. The van der Waals surface area contributed by atoms with Gasteiger partial charge in [0.25, 0.3) is 0 Å². The van der Waals surface area contributed by atoms with Crippen LogP contribution >= 0.6 is 12.4 Å². The van der Waals surface area contributed by atoms with Crippen LogP contribution in [0.15, 0.2) is 0 Å². The van der Waals surface area contributed by atoms with E-state index in [1.807, 2.05) is 4.90 Å². The molecule has 1 aliphatic heterocycles. The van der Waals surface area contributed by atoms with Crippen LogP contribution in [0.4, 0.5) is 0 Å². The van der Waals surface area contributed by atoms with E-state index in [1.54, 1.807) is 0 Å². The van der Waals surface area contributed by atoms with Gasteiger partial charge < -0.3 is 10.2 Å². The van der Waals surface area contributed by atoms with Crippen molar-refractivity contribution in [1.82, 2.24) is 10.2 Å². The smallest absolute Gasteiger partial charge is 0.222 e. The summed E-state index contributed by atoms with van der Waals surface area (Å²) in [5.41, 5.74) is 0. The number of nitrogens with zero attached hydrogens (tertiary/aromatic N) is 1. The quantitative estimate of drug-likeness (QED) is 0.804. The predicted molar refractivity (Wildman–Crippen MR) is 67.8 cm³/mol. The SMILES string of the molecule is CC1CCC(CC(=O)N2CCNCC2)C1.Cl. The Bertz CT molecular complexity index is 229. The number of hydrogen-bond acceptors (Lipinski definition) is 2. The number of carbonyl (C=O) groups excluding carboxylic acids is 1. The van der Waals surface area contributed by atoms with Gasteiger partial charge in [-0.1, -0.05) is 13.3 Å². The Balaban J connectivity index is 0.00000128. The Morgan fingerprint density at radius 2 is 2.00 bits per heavy atom. The van der Waals surface area contributed by atoms with E-state index in [4.69, 9.17) is 0 Å². The molecule has 1 heterocycles. The van der Waals surface area contributed by atoms with Crippen molar-refractivity contribution in [2.75, 3.05) is 26.2 Å². The second-order valence-corrected chi connectivity index (χ2v) is 5.12. The molecule has 0 spiro atoms. The first-order valence-electron chi connectivity index (χ1n) is 6.24. The van der Waals surface area contributed by atoms with E-state index >= 15 is 0 Å². The number of piperazine rings is 1. The first-order valence-corrected chi connectivity index (χ1v) is 6.24. The number of hydrogen-bond donors (Lipinski definition) is 1. The van der Waals surface area contributed by atoms with Gasteiger partial charge in [0, 0.05) is 32.6 Å². The zero-order valence-electron chi connectivity index (χ0n) is 10.1. The van der Waals surface area contributed by atoms with Gasteiger partial charge in [-0.25, -0.2) is 0 Å². The average molecular weight is 247 g/mol. The lowest BCUT2D eigenvalue weighted by Crippen LogP contribution is -2.46. The lowest BCUT2D eigenvalue weighted by atomic mass is 10.0. The molecule has 3 nitrogen and oxygen atoms in total. The van der Waals surface area contributed by atoms with Crippen molar-refractivity contribution in [1.29, 1.82) is 0 Å². The maximum absolute atomic E-state index is 12.0. The van der Waals surface area contributed by atoms with Crippen LogP contribution in [-0.2, 0) is 4.79 Å². The Hall–Kier alpha value is -0.280. The summed E-state index contributed by atoms with van der Waals surface area (Å²) in [4.78, 5) is 14.0. The monoisotopic (exact) mass is 246 g/mol. The van der Waals surface area contributed by atoms with Crippen LogP contribution in [0.5, 0.6) is 0 Å². The van der Waals surface area contributed by atoms with Gasteiger partial charge in [-0.3, -0.25) is 4.79 Å². The molecular weight excluding hydrogens is 224 g/mol. The Kier molecular flexibility index (Phi) is 5.56. The van der Waals surface area contributed by atoms with Crippen LogP contribution in [0.25, 0.3) is 0 Å². The molecule has 16 heavy (non-hydrogen) atoms. The van der Waals surface area contributed by atoms with Crippen molar-refractivity contribution in [3.8, 4) is 0 Å².